The zero-order valence-corrected chi connectivity index (χ0v) is 15.2. The Hall–Kier alpha value is -2.97. The normalized spacial score (nSPS) is 18.3. The number of rotatable bonds is 3. The molecule has 2 aliphatic heterocycles. The van der Waals surface area contributed by atoms with E-state index in [1.807, 2.05) is 12.4 Å². The van der Waals surface area contributed by atoms with Gasteiger partial charge in [-0.2, -0.15) is 0 Å². The molecule has 0 N–H and O–H groups in total. The maximum atomic E-state index is 4.85. The van der Waals surface area contributed by atoms with Crippen molar-refractivity contribution >= 4 is 28.6 Å². The third kappa shape index (κ3) is 3.13. The molecule has 0 aromatic carbocycles. The van der Waals surface area contributed by atoms with Gasteiger partial charge in [-0.05, 0) is 41.7 Å². The number of nitrogens with zero attached hydrogens (tertiary/aromatic N) is 8. The van der Waals surface area contributed by atoms with Gasteiger partial charge >= 0.3 is 0 Å². The van der Waals surface area contributed by atoms with Gasteiger partial charge in [-0.3, -0.25) is 4.98 Å². The molecule has 2 aliphatic rings. The molecule has 2 fully saturated rings. The fourth-order valence-corrected chi connectivity index (χ4v) is 3.88. The maximum absolute atomic E-state index is 4.85. The molecule has 0 unspecified atom stereocenters. The summed E-state index contributed by atoms with van der Waals surface area (Å²) in [6.07, 6.45) is 7.33. The van der Waals surface area contributed by atoms with Gasteiger partial charge in [0.15, 0.2) is 11.6 Å². The lowest BCUT2D eigenvalue weighted by atomic mass is 10.1. The van der Waals surface area contributed by atoms with Gasteiger partial charge in [0.25, 0.3) is 0 Å². The Kier molecular flexibility index (Phi) is 4.19. The topological polar surface area (TPSA) is 87.3 Å². The third-order valence-electron chi connectivity index (χ3n) is 5.34. The highest BCUT2D eigenvalue weighted by Crippen LogP contribution is 2.30. The highest BCUT2D eigenvalue weighted by molar-refractivity contribution is 5.75. The standard InChI is InChI=1S/C18H22N8O/c1-2-8-25(9-3-1)17-18(21-16-15(20-17)22-27-23-16)26-12-10-24(11-13-26)14-4-6-19-7-5-14/h4-7H,1-3,8-13H2. The second-order valence-corrected chi connectivity index (χ2v) is 7.01. The SMILES string of the molecule is c1cc(N2CCN(c3nc4nonc4nc3N3CCCCC3)CC2)ccn1. The summed E-state index contributed by atoms with van der Waals surface area (Å²) in [5.41, 5.74) is 2.17. The van der Waals surface area contributed by atoms with Crippen LogP contribution >= 0.6 is 0 Å². The number of piperidine rings is 1. The predicted molar refractivity (Wildman–Crippen MR) is 102 cm³/mol. The van der Waals surface area contributed by atoms with E-state index in [1.54, 1.807) is 0 Å². The summed E-state index contributed by atoms with van der Waals surface area (Å²) in [4.78, 5) is 20.6. The molecule has 5 rings (SSSR count). The number of hydrogen-bond donors (Lipinski definition) is 0. The van der Waals surface area contributed by atoms with Crippen molar-refractivity contribution < 1.29 is 4.63 Å². The van der Waals surface area contributed by atoms with E-state index >= 15 is 0 Å². The first-order valence-corrected chi connectivity index (χ1v) is 9.54. The van der Waals surface area contributed by atoms with E-state index in [0.29, 0.717) is 11.3 Å². The van der Waals surface area contributed by atoms with Crippen LogP contribution in [-0.4, -0.2) is 64.5 Å². The van der Waals surface area contributed by atoms with Crippen LogP contribution in [0.2, 0.25) is 0 Å². The summed E-state index contributed by atoms with van der Waals surface area (Å²) < 4.78 is 4.85. The van der Waals surface area contributed by atoms with Crippen molar-refractivity contribution in [2.45, 2.75) is 19.3 Å². The van der Waals surface area contributed by atoms with Crippen molar-refractivity contribution in [2.75, 3.05) is 54.0 Å². The lowest BCUT2D eigenvalue weighted by Gasteiger charge is -2.38. The summed E-state index contributed by atoms with van der Waals surface area (Å²) in [5.74, 6) is 1.81. The molecule has 0 spiro atoms. The van der Waals surface area contributed by atoms with Crippen molar-refractivity contribution in [3.05, 3.63) is 24.5 Å². The van der Waals surface area contributed by atoms with E-state index in [4.69, 9.17) is 14.6 Å². The van der Waals surface area contributed by atoms with Crippen molar-refractivity contribution in [2.24, 2.45) is 0 Å². The van der Waals surface area contributed by atoms with E-state index in [-0.39, 0.29) is 0 Å². The fourth-order valence-electron chi connectivity index (χ4n) is 3.88. The lowest BCUT2D eigenvalue weighted by molar-refractivity contribution is 0.314. The summed E-state index contributed by atoms with van der Waals surface area (Å²) in [7, 11) is 0. The number of fused-ring (bicyclic) bond motifs is 1. The van der Waals surface area contributed by atoms with Crippen LogP contribution in [0.3, 0.4) is 0 Å². The minimum atomic E-state index is 0.474. The van der Waals surface area contributed by atoms with E-state index in [0.717, 1.165) is 50.9 Å². The monoisotopic (exact) mass is 366 g/mol. The smallest absolute Gasteiger partial charge is 0.245 e. The Morgan fingerprint density at radius 2 is 1.22 bits per heavy atom. The van der Waals surface area contributed by atoms with E-state index < -0.39 is 0 Å². The molecule has 0 aliphatic carbocycles. The number of piperazine rings is 1. The average molecular weight is 366 g/mol. The summed E-state index contributed by atoms with van der Waals surface area (Å²) in [6.45, 7) is 5.65. The number of pyridine rings is 1. The maximum Gasteiger partial charge on any atom is 0.245 e. The van der Waals surface area contributed by atoms with Crippen molar-refractivity contribution in [3.63, 3.8) is 0 Å². The summed E-state index contributed by atoms with van der Waals surface area (Å²) in [5, 5.41) is 7.79. The Balaban J connectivity index is 1.42. The molecule has 0 amide bonds. The fraction of sp³-hybridized carbons (Fsp3) is 0.500. The Morgan fingerprint density at radius 3 is 1.85 bits per heavy atom. The van der Waals surface area contributed by atoms with Gasteiger partial charge in [0.1, 0.15) is 0 Å². The molecule has 0 radical (unpaired) electrons. The molecular weight excluding hydrogens is 344 g/mol. The minimum Gasteiger partial charge on any atom is -0.368 e. The number of hydrogen-bond acceptors (Lipinski definition) is 9. The molecule has 2 saturated heterocycles. The van der Waals surface area contributed by atoms with E-state index in [9.17, 15) is 0 Å². The number of anilines is 3. The molecular formula is C18H22N8O. The average Bonchev–Trinajstić information content (AvgIpc) is 3.22. The molecule has 27 heavy (non-hydrogen) atoms. The number of aromatic nitrogens is 5. The third-order valence-corrected chi connectivity index (χ3v) is 5.34. The van der Waals surface area contributed by atoms with Crippen molar-refractivity contribution in [1.29, 1.82) is 0 Å². The van der Waals surface area contributed by atoms with Crippen molar-refractivity contribution in [3.8, 4) is 0 Å². The van der Waals surface area contributed by atoms with Gasteiger partial charge in [0.05, 0.1) is 0 Å². The van der Waals surface area contributed by atoms with Crippen LogP contribution in [0.1, 0.15) is 19.3 Å². The van der Waals surface area contributed by atoms with Crippen molar-refractivity contribution in [1.82, 2.24) is 25.3 Å². The predicted octanol–water partition coefficient (Wildman–Crippen LogP) is 1.72. The Labute approximate surface area is 157 Å². The first-order chi connectivity index (χ1) is 13.4. The van der Waals surface area contributed by atoms with Crippen LogP contribution < -0.4 is 14.7 Å². The first-order valence-electron chi connectivity index (χ1n) is 9.54. The minimum absolute atomic E-state index is 0.474. The van der Waals surface area contributed by atoms with Gasteiger partial charge in [-0.1, -0.05) is 0 Å². The van der Waals surface area contributed by atoms with Gasteiger partial charge in [0, 0.05) is 57.3 Å². The van der Waals surface area contributed by atoms with Crippen LogP contribution in [0.4, 0.5) is 17.3 Å². The van der Waals surface area contributed by atoms with Crippen LogP contribution in [-0.2, 0) is 0 Å². The Morgan fingerprint density at radius 1 is 0.667 bits per heavy atom. The summed E-state index contributed by atoms with van der Waals surface area (Å²) >= 11 is 0. The molecule has 0 atom stereocenters. The second kappa shape index (κ2) is 6.98. The molecule has 5 heterocycles. The quantitative estimate of drug-likeness (QED) is 0.687. The largest absolute Gasteiger partial charge is 0.368 e. The molecule has 9 heteroatoms. The zero-order chi connectivity index (χ0) is 18.1. The molecule has 0 bridgehead atoms. The van der Waals surface area contributed by atoms with Crippen LogP contribution in [0, 0.1) is 0 Å². The lowest BCUT2D eigenvalue weighted by Crippen LogP contribution is -2.47. The van der Waals surface area contributed by atoms with E-state index in [2.05, 4.69) is 42.1 Å². The van der Waals surface area contributed by atoms with Gasteiger partial charge < -0.3 is 14.7 Å². The highest BCUT2D eigenvalue weighted by atomic mass is 16.6. The summed E-state index contributed by atoms with van der Waals surface area (Å²) in [6, 6.07) is 4.11. The van der Waals surface area contributed by atoms with E-state index in [1.165, 1.54) is 24.9 Å². The molecule has 3 aromatic rings. The zero-order valence-electron chi connectivity index (χ0n) is 15.2. The second-order valence-electron chi connectivity index (χ2n) is 7.01. The van der Waals surface area contributed by atoms with Gasteiger partial charge in [-0.15, -0.1) is 0 Å². The van der Waals surface area contributed by atoms with Crippen LogP contribution in [0.5, 0.6) is 0 Å². The molecule has 140 valence electrons. The first kappa shape index (κ1) is 16.2. The van der Waals surface area contributed by atoms with Crippen LogP contribution in [0.25, 0.3) is 11.3 Å². The van der Waals surface area contributed by atoms with Gasteiger partial charge in [0.2, 0.25) is 11.3 Å². The molecule has 3 aromatic heterocycles. The molecule has 9 nitrogen and oxygen atoms in total. The highest BCUT2D eigenvalue weighted by Gasteiger charge is 2.26. The molecule has 0 saturated carbocycles. The van der Waals surface area contributed by atoms with Gasteiger partial charge in [-0.25, -0.2) is 14.6 Å². The van der Waals surface area contributed by atoms with Crippen LogP contribution in [0.15, 0.2) is 29.2 Å². The Bertz CT molecular complexity index is 900.